The third-order valence-corrected chi connectivity index (χ3v) is 7.21. The van der Waals surface area contributed by atoms with Gasteiger partial charge in [-0.3, -0.25) is 0 Å². The molecule has 148 valence electrons. The van der Waals surface area contributed by atoms with Gasteiger partial charge in [-0.25, -0.2) is 0 Å². The van der Waals surface area contributed by atoms with E-state index in [0.717, 1.165) is 12.3 Å². The summed E-state index contributed by atoms with van der Waals surface area (Å²) in [5.41, 5.74) is 10.0. The minimum Gasteiger partial charge on any atom is -0.0761 e. The second-order valence-electron chi connectivity index (χ2n) is 9.46. The van der Waals surface area contributed by atoms with Gasteiger partial charge in [-0.05, 0) is 76.1 Å². The fraction of sp³-hybridized carbons (Fsp3) is 0.379. The van der Waals surface area contributed by atoms with Gasteiger partial charge in [0.15, 0.2) is 0 Å². The van der Waals surface area contributed by atoms with Gasteiger partial charge in [0.05, 0.1) is 0 Å². The maximum Gasteiger partial charge on any atom is 0.00502 e. The monoisotopic (exact) mass is 380 g/mol. The standard InChI is InChI=1S/C29H32/c1-20(2)28-16-15-27-19-26(14-17-29(27)28)25-13-12-24(18-25)23-10-8-22(9-11-23)21-6-4-3-5-7-21/h8-11,13-21,28H,3-7,12H2,1-2H3. The van der Waals surface area contributed by atoms with Crippen molar-refractivity contribution in [2.24, 2.45) is 5.92 Å². The number of benzene rings is 2. The molecule has 2 aromatic rings. The summed E-state index contributed by atoms with van der Waals surface area (Å²) >= 11 is 0. The molecule has 0 spiro atoms. The van der Waals surface area contributed by atoms with Crippen LogP contribution in [0.2, 0.25) is 0 Å². The smallest absolute Gasteiger partial charge is 0.00502 e. The van der Waals surface area contributed by atoms with Crippen LogP contribution in [0.15, 0.2) is 60.7 Å². The second kappa shape index (κ2) is 7.82. The molecule has 1 saturated carbocycles. The zero-order valence-electron chi connectivity index (χ0n) is 17.8. The van der Waals surface area contributed by atoms with Gasteiger partial charge >= 0.3 is 0 Å². The van der Waals surface area contributed by atoms with Crippen molar-refractivity contribution in [1.82, 2.24) is 0 Å². The Bertz CT molecular complexity index is 975. The SMILES string of the molecule is CC(C)C1C=Cc2cc(C3=CCC(c4ccc(C5CCCCC5)cc4)=C3)ccc21. The Labute approximate surface area is 176 Å². The molecular formula is C29H32. The summed E-state index contributed by atoms with van der Waals surface area (Å²) in [5, 5.41) is 0. The molecular weight excluding hydrogens is 348 g/mol. The van der Waals surface area contributed by atoms with Crippen LogP contribution in [-0.2, 0) is 0 Å². The van der Waals surface area contributed by atoms with E-state index in [4.69, 9.17) is 0 Å². The molecule has 1 fully saturated rings. The van der Waals surface area contributed by atoms with E-state index < -0.39 is 0 Å². The maximum absolute atomic E-state index is 2.40. The molecule has 2 aromatic carbocycles. The molecule has 3 aliphatic carbocycles. The van der Waals surface area contributed by atoms with E-state index >= 15 is 0 Å². The molecule has 0 bridgehead atoms. The van der Waals surface area contributed by atoms with Crippen LogP contribution in [0.4, 0.5) is 0 Å². The summed E-state index contributed by atoms with van der Waals surface area (Å²) in [5.74, 6) is 2.02. The summed E-state index contributed by atoms with van der Waals surface area (Å²) < 4.78 is 0. The van der Waals surface area contributed by atoms with Crippen LogP contribution in [0, 0.1) is 5.92 Å². The zero-order valence-corrected chi connectivity index (χ0v) is 17.8. The molecule has 1 atom stereocenters. The molecule has 3 aliphatic rings. The molecule has 5 rings (SSSR count). The van der Waals surface area contributed by atoms with Crippen LogP contribution >= 0.6 is 0 Å². The number of allylic oxidation sites excluding steroid dienone is 5. The molecule has 0 amide bonds. The normalized spacial score (nSPS) is 21.4. The molecule has 0 heterocycles. The Balaban J connectivity index is 1.33. The Morgan fingerprint density at radius 2 is 1.62 bits per heavy atom. The summed E-state index contributed by atoms with van der Waals surface area (Å²) in [6.45, 7) is 4.62. The van der Waals surface area contributed by atoms with Gasteiger partial charge in [0.2, 0.25) is 0 Å². The van der Waals surface area contributed by atoms with Crippen molar-refractivity contribution < 1.29 is 0 Å². The van der Waals surface area contributed by atoms with E-state index in [-0.39, 0.29) is 0 Å². The quantitative estimate of drug-likeness (QED) is 0.500. The Morgan fingerprint density at radius 1 is 0.862 bits per heavy atom. The second-order valence-corrected chi connectivity index (χ2v) is 9.46. The van der Waals surface area contributed by atoms with Gasteiger partial charge in [-0.15, -0.1) is 0 Å². The van der Waals surface area contributed by atoms with Gasteiger partial charge in [-0.1, -0.05) is 93.8 Å². The van der Waals surface area contributed by atoms with E-state index in [2.05, 4.69) is 80.6 Å². The molecule has 1 unspecified atom stereocenters. The Hall–Kier alpha value is -2.34. The van der Waals surface area contributed by atoms with E-state index in [9.17, 15) is 0 Å². The minimum atomic E-state index is 0.574. The summed E-state index contributed by atoms with van der Waals surface area (Å²) in [4.78, 5) is 0. The van der Waals surface area contributed by atoms with Gasteiger partial charge in [0.25, 0.3) is 0 Å². The van der Waals surface area contributed by atoms with Crippen LogP contribution in [0.25, 0.3) is 17.2 Å². The largest absolute Gasteiger partial charge is 0.0761 e. The van der Waals surface area contributed by atoms with Crippen molar-refractivity contribution in [3.8, 4) is 0 Å². The number of fused-ring (bicyclic) bond motifs is 1. The first-order chi connectivity index (χ1) is 14.2. The van der Waals surface area contributed by atoms with Gasteiger partial charge in [0, 0.05) is 5.92 Å². The molecule has 29 heavy (non-hydrogen) atoms. The first-order valence-electron chi connectivity index (χ1n) is 11.5. The molecule has 0 heteroatoms. The highest BCUT2D eigenvalue weighted by molar-refractivity contribution is 5.90. The van der Waals surface area contributed by atoms with Gasteiger partial charge < -0.3 is 0 Å². The molecule has 0 saturated heterocycles. The molecule has 0 radical (unpaired) electrons. The van der Waals surface area contributed by atoms with E-state index in [1.807, 2.05) is 0 Å². The number of hydrogen-bond donors (Lipinski definition) is 0. The lowest BCUT2D eigenvalue weighted by Gasteiger charge is -2.22. The van der Waals surface area contributed by atoms with Gasteiger partial charge in [-0.2, -0.15) is 0 Å². The third kappa shape index (κ3) is 3.66. The fourth-order valence-corrected chi connectivity index (χ4v) is 5.43. The lowest BCUT2D eigenvalue weighted by Crippen LogP contribution is -2.04. The highest BCUT2D eigenvalue weighted by atomic mass is 14.3. The summed E-state index contributed by atoms with van der Waals surface area (Å²) in [6.07, 6.45) is 17.5. The molecule has 0 nitrogen and oxygen atoms in total. The predicted octanol–water partition coefficient (Wildman–Crippen LogP) is 8.37. The predicted molar refractivity (Wildman–Crippen MR) is 126 cm³/mol. The van der Waals surface area contributed by atoms with Crippen molar-refractivity contribution in [3.05, 3.63) is 88.5 Å². The van der Waals surface area contributed by atoms with Crippen LogP contribution in [0.5, 0.6) is 0 Å². The van der Waals surface area contributed by atoms with Crippen molar-refractivity contribution in [2.75, 3.05) is 0 Å². The lowest BCUT2D eigenvalue weighted by atomic mass is 9.83. The highest BCUT2D eigenvalue weighted by Gasteiger charge is 2.21. The van der Waals surface area contributed by atoms with E-state index in [1.165, 1.54) is 65.5 Å². The first-order valence-corrected chi connectivity index (χ1v) is 11.5. The molecule has 0 aliphatic heterocycles. The van der Waals surface area contributed by atoms with Crippen LogP contribution in [-0.4, -0.2) is 0 Å². The Kier molecular flexibility index (Phi) is 5.04. The number of rotatable bonds is 4. The van der Waals surface area contributed by atoms with Crippen molar-refractivity contribution in [3.63, 3.8) is 0 Å². The molecule has 0 N–H and O–H groups in total. The van der Waals surface area contributed by atoms with Crippen molar-refractivity contribution in [2.45, 2.75) is 64.2 Å². The zero-order chi connectivity index (χ0) is 19.8. The first kappa shape index (κ1) is 18.7. The van der Waals surface area contributed by atoms with E-state index in [0.29, 0.717) is 11.8 Å². The van der Waals surface area contributed by atoms with Crippen LogP contribution in [0.1, 0.15) is 92.0 Å². The third-order valence-electron chi connectivity index (χ3n) is 7.21. The molecule has 0 aromatic heterocycles. The average molecular weight is 381 g/mol. The van der Waals surface area contributed by atoms with Crippen molar-refractivity contribution in [1.29, 1.82) is 0 Å². The lowest BCUT2D eigenvalue weighted by molar-refractivity contribution is 0.443. The Morgan fingerprint density at radius 3 is 2.38 bits per heavy atom. The maximum atomic E-state index is 2.40. The fourth-order valence-electron chi connectivity index (χ4n) is 5.43. The van der Waals surface area contributed by atoms with Crippen LogP contribution < -0.4 is 0 Å². The van der Waals surface area contributed by atoms with Gasteiger partial charge in [0.1, 0.15) is 0 Å². The topological polar surface area (TPSA) is 0 Å². The van der Waals surface area contributed by atoms with Crippen molar-refractivity contribution >= 4 is 17.2 Å². The minimum absolute atomic E-state index is 0.574. The average Bonchev–Trinajstić information content (AvgIpc) is 3.41. The highest BCUT2D eigenvalue weighted by Crippen LogP contribution is 2.39. The number of hydrogen-bond acceptors (Lipinski definition) is 0. The van der Waals surface area contributed by atoms with Crippen LogP contribution in [0.3, 0.4) is 0 Å². The summed E-state index contributed by atoms with van der Waals surface area (Å²) in [6, 6.07) is 16.5. The summed E-state index contributed by atoms with van der Waals surface area (Å²) in [7, 11) is 0. The van der Waals surface area contributed by atoms with E-state index in [1.54, 1.807) is 5.56 Å².